The second-order valence-corrected chi connectivity index (χ2v) is 7.29. The van der Waals surface area contributed by atoms with Crippen LogP contribution in [0.2, 0.25) is 0 Å². The standard InChI is InChI=1S/C14H23NO3S/c16-13(17)12-3-1-2-11(15-12)10-4-6-18-14(8-10)5-7-19-9-14/h10-12,15H,1-9H2,(H,16,17). The predicted molar refractivity (Wildman–Crippen MR) is 75.5 cm³/mol. The number of hydrogen-bond donors (Lipinski definition) is 2. The molecule has 3 saturated heterocycles. The van der Waals surface area contributed by atoms with E-state index >= 15 is 0 Å². The molecule has 0 aromatic heterocycles. The molecule has 0 radical (unpaired) electrons. The van der Waals surface area contributed by atoms with Gasteiger partial charge in [-0.05, 0) is 50.2 Å². The molecule has 0 amide bonds. The fourth-order valence-corrected chi connectivity index (χ4v) is 5.18. The summed E-state index contributed by atoms with van der Waals surface area (Å²) < 4.78 is 6.06. The van der Waals surface area contributed by atoms with Gasteiger partial charge in [-0.25, -0.2) is 0 Å². The minimum absolute atomic E-state index is 0.103. The number of carbonyl (C=O) groups is 1. The predicted octanol–water partition coefficient (Wildman–Crippen LogP) is 1.88. The molecule has 2 N–H and O–H groups in total. The Morgan fingerprint density at radius 1 is 1.37 bits per heavy atom. The maximum absolute atomic E-state index is 11.1. The van der Waals surface area contributed by atoms with Crippen molar-refractivity contribution in [2.24, 2.45) is 5.92 Å². The average Bonchev–Trinajstić information content (AvgIpc) is 2.87. The molecular weight excluding hydrogens is 262 g/mol. The lowest BCUT2D eigenvalue weighted by molar-refractivity contribution is -0.141. The highest BCUT2D eigenvalue weighted by atomic mass is 32.2. The largest absolute Gasteiger partial charge is 0.480 e. The third-order valence-corrected chi connectivity index (χ3v) is 6.11. The van der Waals surface area contributed by atoms with Gasteiger partial charge in [0.15, 0.2) is 0 Å². The van der Waals surface area contributed by atoms with Crippen LogP contribution >= 0.6 is 11.8 Å². The van der Waals surface area contributed by atoms with Gasteiger partial charge in [-0.3, -0.25) is 4.79 Å². The first kappa shape index (κ1) is 13.7. The smallest absolute Gasteiger partial charge is 0.320 e. The summed E-state index contributed by atoms with van der Waals surface area (Å²) in [6.45, 7) is 0.848. The van der Waals surface area contributed by atoms with E-state index in [0.717, 1.165) is 44.5 Å². The third-order valence-electron chi connectivity index (χ3n) is 4.89. The highest BCUT2D eigenvalue weighted by molar-refractivity contribution is 7.99. The Kier molecular flexibility index (Phi) is 4.06. The molecule has 3 aliphatic heterocycles. The molecular formula is C14H23NO3S. The molecule has 4 atom stereocenters. The van der Waals surface area contributed by atoms with Gasteiger partial charge in [0, 0.05) is 18.4 Å². The molecule has 3 fully saturated rings. The lowest BCUT2D eigenvalue weighted by Gasteiger charge is -2.43. The van der Waals surface area contributed by atoms with E-state index in [1.807, 2.05) is 11.8 Å². The van der Waals surface area contributed by atoms with Crippen LogP contribution in [0, 0.1) is 5.92 Å². The molecule has 3 heterocycles. The third kappa shape index (κ3) is 2.93. The van der Waals surface area contributed by atoms with Crippen molar-refractivity contribution in [2.75, 3.05) is 18.1 Å². The van der Waals surface area contributed by atoms with E-state index in [0.29, 0.717) is 12.0 Å². The number of aliphatic carboxylic acids is 1. The molecule has 4 unspecified atom stereocenters. The number of thioether (sulfide) groups is 1. The van der Waals surface area contributed by atoms with Crippen LogP contribution in [0.4, 0.5) is 0 Å². The quantitative estimate of drug-likeness (QED) is 0.811. The first-order valence-corrected chi connectivity index (χ1v) is 8.55. The monoisotopic (exact) mass is 285 g/mol. The SMILES string of the molecule is O=C(O)C1CCCC(C2CCOC3(CCSC3)C2)N1. The molecule has 1 spiro atoms. The van der Waals surface area contributed by atoms with Gasteiger partial charge in [-0.15, -0.1) is 0 Å². The number of carboxylic acid groups (broad SMARTS) is 1. The van der Waals surface area contributed by atoms with Gasteiger partial charge in [0.05, 0.1) is 5.60 Å². The van der Waals surface area contributed by atoms with Crippen molar-refractivity contribution in [1.29, 1.82) is 0 Å². The fourth-order valence-electron chi connectivity index (χ4n) is 3.81. The minimum atomic E-state index is -0.692. The molecule has 3 aliphatic rings. The van der Waals surface area contributed by atoms with E-state index in [1.165, 1.54) is 12.2 Å². The molecule has 0 aromatic rings. The Morgan fingerprint density at radius 2 is 2.26 bits per heavy atom. The van der Waals surface area contributed by atoms with Crippen LogP contribution in [-0.4, -0.2) is 46.9 Å². The van der Waals surface area contributed by atoms with Crippen molar-refractivity contribution in [3.8, 4) is 0 Å². The summed E-state index contributed by atoms with van der Waals surface area (Å²) >= 11 is 1.99. The average molecular weight is 285 g/mol. The topological polar surface area (TPSA) is 58.6 Å². The van der Waals surface area contributed by atoms with Crippen molar-refractivity contribution < 1.29 is 14.6 Å². The number of hydrogen-bond acceptors (Lipinski definition) is 4. The number of nitrogens with one attached hydrogen (secondary N) is 1. The molecule has 0 aromatic carbocycles. The number of carboxylic acids is 1. The van der Waals surface area contributed by atoms with E-state index in [-0.39, 0.29) is 11.6 Å². The highest BCUT2D eigenvalue weighted by Gasteiger charge is 2.43. The first-order valence-electron chi connectivity index (χ1n) is 7.39. The summed E-state index contributed by atoms with van der Waals surface area (Å²) in [5, 5.41) is 12.5. The number of ether oxygens (including phenoxy) is 1. The van der Waals surface area contributed by atoms with Gasteiger partial charge >= 0.3 is 5.97 Å². The van der Waals surface area contributed by atoms with Crippen LogP contribution in [0.1, 0.15) is 38.5 Å². The van der Waals surface area contributed by atoms with Crippen molar-refractivity contribution in [1.82, 2.24) is 5.32 Å². The fraction of sp³-hybridized carbons (Fsp3) is 0.929. The van der Waals surface area contributed by atoms with Gasteiger partial charge in [0.2, 0.25) is 0 Å². The van der Waals surface area contributed by atoms with E-state index in [1.54, 1.807) is 0 Å². The van der Waals surface area contributed by atoms with Crippen LogP contribution in [0.15, 0.2) is 0 Å². The zero-order valence-corrected chi connectivity index (χ0v) is 12.1. The first-order chi connectivity index (χ1) is 9.19. The summed E-state index contributed by atoms with van der Waals surface area (Å²) in [6.07, 6.45) is 6.30. The van der Waals surface area contributed by atoms with Gasteiger partial charge < -0.3 is 15.2 Å². The van der Waals surface area contributed by atoms with E-state index < -0.39 is 5.97 Å². The van der Waals surface area contributed by atoms with Crippen LogP contribution < -0.4 is 5.32 Å². The van der Waals surface area contributed by atoms with Gasteiger partial charge in [-0.1, -0.05) is 0 Å². The molecule has 19 heavy (non-hydrogen) atoms. The maximum atomic E-state index is 11.1. The van der Waals surface area contributed by atoms with Crippen LogP contribution in [0.3, 0.4) is 0 Å². The second-order valence-electron chi connectivity index (χ2n) is 6.18. The van der Waals surface area contributed by atoms with Gasteiger partial charge in [0.1, 0.15) is 6.04 Å². The Morgan fingerprint density at radius 3 is 3.00 bits per heavy atom. The second kappa shape index (κ2) is 5.62. The Bertz CT molecular complexity index is 344. The number of rotatable bonds is 2. The highest BCUT2D eigenvalue weighted by Crippen LogP contribution is 2.42. The normalized spacial score (nSPS) is 43.5. The van der Waals surface area contributed by atoms with Crippen LogP contribution in [-0.2, 0) is 9.53 Å². The van der Waals surface area contributed by atoms with E-state index in [4.69, 9.17) is 9.84 Å². The Balaban J connectivity index is 1.63. The summed E-state index contributed by atoms with van der Waals surface area (Å²) in [4.78, 5) is 11.1. The zero-order valence-electron chi connectivity index (χ0n) is 11.3. The van der Waals surface area contributed by atoms with Crippen LogP contribution in [0.25, 0.3) is 0 Å². The Labute approximate surface area is 118 Å². The van der Waals surface area contributed by atoms with Crippen LogP contribution in [0.5, 0.6) is 0 Å². The number of piperidine rings is 1. The minimum Gasteiger partial charge on any atom is -0.480 e. The molecule has 0 aliphatic carbocycles. The lowest BCUT2D eigenvalue weighted by atomic mass is 9.78. The van der Waals surface area contributed by atoms with Gasteiger partial charge in [-0.2, -0.15) is 11.8 Å². The summed E-state index contributed by atoms with van der Waals surface area (Å²) in [7, 11) is 0. The molecule has 0 bridgehead atoms. The van der Waals surface area contributed by atoms with Crippen molar-refractivity contribution in [2.45, 2.75) is 56.2 Å². The maximum Gasteiger partial charge on any atom is 0.320 e. The Hall–Kier alpha value is -0.260. The summed E-state index contributed by atoms with van der Waals surface area (Å²) in [6, 6.07) is 0.0386. The molecule has 0 saturated carbocycles. The zero-order chi connectivity index (χ0) is 13.3. The summed E-state index contributed by atoms with van der Waals surface area (Å²) in [5.74, 6) is 2.23. The van der Waals surface area contributed by atoms with Crippen molar-refractivity contribution in [3.05, 3.63) is 0 Å². The molecule has 4 nitrogen and oxygen atoms in total. The van der Waals surface area contributed by atoms with Crippen molar-refractivity contribution in [3.63, 3.8) is 0 Å². The summed E-state index contributed by atoms with van der Waals surface area (Å²) in [5.41, 5.74) is 0.103. The van der Waals surface area contributed by atoms with Gasteiger partial charge in [0.25, 0.3) is 0 Å². The van der Waals surface area contributed by atoms with E-state index in [9.17, 15) is 4.79 Å². The molecule has 3 rings (SSSR count). The molecule has 5 heteroatoms. The molecule has 108 valence electrons. The van der Waals surface area contributed by atoms with Crippen molar-refractivity contribution >= 4 is 17.7 Å². The van der Waals surface area contributed by atoms with E-state index in [2.05, 4.69) is 5.32 Å². The lowest BCUT2D eigenvalue weighted by Crippen LogP contribution is -2.53.